The smallest absolute Gasteiger partial charge is 0.226 e. The van der Waals surface area contributed by atoms with Gasteiger partial charge in [0.25, 0.3) is 0 Å². The number of rotatable bonds is 8. The third-order valence-corrected chi connectivity index (χ3v) is 11.1. The highest BCUT2D eigenvalue weighted by atomic mass is 32.2. The summed E-state index contributed by atoms with van der Waals surface area (Å²) in [5.41, 5.74) is 0. The van der Waals surface area contributed by atoms with Gasteiger partial charge in [-0.1, -0.05) is 26.2 Å². The molecule has 4 rings (SSSR count). The summed E-state index contributed by atoms with van der Waals surface area (Å²) in [5.74, 6) is 1.15. The summed E-state index contributed by atoms with van der Waals surface area (Å²) in [6.07, 6.45) is 15.7. The van der Waals surface area contributed by atoms with Crippen molar-refractivity contribution in [2.75, 3.05) is 5.75 Å². The van der Waals surface area contributed by atoms with Gasteiger partial charge in [0.05, 0.1) is 5.25 Å². The molecule has 2 amide bonds. The van der Waals surface area contributed by atoms with Crippen molar-refractivity contribution in [3.63, 3.8) is 0 Å². The van der Waals surface area contributed by atoms with E-state index in [1.54, 1.807) is 6.92 Å². The number of hydrogen-bond acceptors (Lipinski definition) is 4. The first-order chi connectivity index (χ1) is 15.9. The summed E-state index contributed by atoms with van der Waals surface area (Å²) < 4.78 is 24.2. The number of carbonyl (C=O) groups is 2. The van der Waals surface area contributed by atoms with E-state index in [1.807, 2.05) is 0 Å². The Morgan fingerprint density at radius 2 is 1.39 bits per heavy atom. The van der Waals surface area contributed by atoms with Crippen molar-refractivity contribution in [1.29, 1.82) is 0 Å². The van der Waals surface area contributed by atoms with E-state index >= 15 is 0 Å². The monoisotopic (exact) mass is 480 g/mol. The molecular weight excluding hydrogens is 436 g/mol. The van der Waals surface area contributed by atoms with Gasteiger partial charge in [0.1, 0.15) is 0 Å². The van der Waals surface area contributed by atoms with Crippen LogP contribution in [0.5, 0.6) is 0 Å². The van der Waals surface area contributed by atoms with Crippen molar-refractivity contribution in [2.45, 2.75) is 133 Å². The fourth-order valence-electron chi connectivity index (χ4n) is 6.55. The molecule has 4 fully saturated rings. The topological polar surface area (TPSA) is 83.5 Å². The lowest BCUT2D eigenvalue weighted by molar-refractivity contribution is -0.140. The molecule has 0 atom stereocenters. The normalized spacial score (nSPS) is 31.7. The Labute approximate surface area is 200 Å². The van der Waals surface area contributed by atoms with E-state index in [0.29, 0.717) is 43.2 Å². The summed E-state index contributed by atoms with van der Waals surface area (Å²) in [7, 11) is -2.95. The lowest BCUT2D eigenvalue weighted by Crippen LogP contribution is -2.48. The van der Waals surface area contributed by atoms with Gasteiger partial charge in [0, 0.05) is 36.2 Å². The van der Waals surface area contributed by atoms with Crippen LogP contribution in [-0.4, -0.2) is 54.3 Å². The highest BCUT2D eigenvalue weighted by Crippen LogP contribution is 2.37. The first kappa shape index (κ1) is 25.0. The van der Waals surface area contributed by atoms with Crippen LogP contribution in [0.3, 0.4) is 0 Å². The third-order valence-electron chi connectivity index (χ3n) is 8.78. The summed E-state index contributed by atoms with van der Waals surface area (Å²) >= 11 is 0. The number of hydrogen-bond donors (Lipinski definition) is 1. The zero-order valence-electron chi connectivity index (χ0n) is 20.5. The van der Waals surface area contributed by atoms with Gasteiger partial charge in [-0.05, 0) is 83.0 Å². The molecule has 0 bridgehead atoms. The average molecular weight is 481 g/mol. The molecule has 0 aromatic carbocycles. The lowest BCUT2D eigenvalue weighted by atomic mass is 9.83. The second-order valence-corrected chi connectivity index (χ2v) is 13.8. The van der Waals surface area contributed by atoms with E-state index < -0.39 is 9.84 Å². The van der Waals surface area contributed by atoms with Crippen LogP contribution >= 0.6 is 0 Å². The Balaban J connectivity index is 1.18. The van der Waals surface area contributed by atoms with Crippen LogP contribution in [0.25, 0.3) is 0 Å². The Morgan fingerprint density at radius 1 is 0.788 bits per heavy atom. The molecule has 0 unspecified atom stereocenters. The van der Waals surface area contributed by atoms with E-state index in [9.17, 15) is 18.0 Å². The van der Waals surface area contributed by atoms with Gasteiger partial charge in [0.2, 0.25) is 11.8 Å². The average Bonchev–Trinajstić information content (AvgIpc) is 3.66. The number of nitrogens with zero attached hydrogens (tertiary/aromatic N) is 1. The number of carbonyl (C=O) groups excluding carboxylic acids is 2. The fraction of sp³-hybridized carbons (Fsp3) is 0.923. The van der Waals surface area contributed by atoms with Crippen LogP contribution < -0.4 is 5.32 Å². The van der Waals surface area contributed by atoms with E-state index in [-0.39, 0.29) is 28.9 Å². The maximum absolute atomic E-state index is 13.4. The van der Waals surface area contributed by atoms with E-state index in [4.69, 9.17) is 0 Å². The minimum absolute atomic E-state index is 0.105. The molecule has 0 spiro atoms. The van der Waals surface area contributed by atoms with E-state index in [1.165, 1.54) is 44.9 Å². The second kappa shape index (κ2) is 11.1. The molecule has 0 aliphatic heterocycles. The number of sulfone groups is 1. The Morgan fingerprint density at radius 3 is 1.97 bits per heavy atom. The molecule has 4 saturated carbocycles. The lowest BCUT2D eigenvalue weighted by Gasteiger charge is -2.38. The molecule has 4 aliphatic carbocycles. The van der Waals surface area contributed by atoms with Crippen molar-refractivity contribution >= 4 is 21.7 Å². The second-order valence-electron chi connectivity index (χ2n) is 11.2. The molecule has 1 N–H and O–H groups in total. The molecule has 0 saturated heterocycles. The van der Waals surface area contributed by atoms with E-state index in [2.05, 4.69) is 10.2 Å². The van der Waals surface area contributed by atoms with Crippen LogP contribution in [-0.2, 0) is 19.4 Å². The minimum Gasteiger partial charge on any atom is -0.353 e. The highest BCUT2D eigenvalue weighted by Gasteiger charge is 2.41. The molecule has 0 aromatic heterocycles. The quantitative estimate of drug-likeness (QED) is 0.559. The van der Waals surface area contributed by atoms with Crippen LogP contribution in [0.15, 0.2) is 0 Å². The molecule has 4 aliphatic rings. The molecule has 0 aromatic rings. The predicted octanol–water partition coefficient (Wildman–Crippen LogP) is 4.37. The van der Waals surface area contributed by atoms with Gasteiger partial charge in [-0.2, -0.15) is 0 Å². The standard InChI is InChI=1S/C26H44N2O4S/c1-2-33(31,32)24-16-8-19(9-17-24)18-25(29)27-21-12-10-20(11-13-21)26(30)28(23-14-15-23)22-6-4-3-5-7-22/h19-24H,2-18H2,1H3,(H,27,29). The summed E-state index contributed by atoms with van der Waals surface area (Å²) in [6.45, 7) is 1.72. The molecule has 188 valence electrons. The van der Waals surface area contributed by atoms with Gasteiger partial charge in [-0.25, -0.2) is 8.42 Å². The van der Waals surface area contributed by atoms with Gasteiger partial charge in [-0.3, -0.25) is 9.59 Å². The summed E-state index contributed by atoms with van der Waals surface area (Å²) in [6, 6.07) is 1.15. The fourth-order valence-corrected chi connectivity index (χ4v) is 8.01. The van der Waals surface area contributed by atoms with Crippen molar-refractivity contribution in [3.8, 4) is 0 Å². The molecule has 6 nitrogen and oxygen atoms in total. The third kappa shape index (κ3) is 6.52. The summed E-state index contributed by atoms with van der Waals surface area (Å²) in [5, 5.41) is 3.01. The van der Waals surface area contributed by atoms with Crippen molar-refractivity contribution in [3.05, 3.63) is 0 Å². The SMILES string of the molecule is CCS(=O)(=O)C1CCC(CC(=O)NC2CCC(C(=O)N(C3CCCCC3)C3CC3)CC2)CC1. The summed E-state index contributed by atoms with van der Waals surface area (Å²) in [4.78, 5) is 28.3. The zero-order chi connectivity index (χ0) is 23.4. The maximum atomic E-state index is 13.4. The molecule has 0 radical (unpaired) electrons. The molecular formula is C26H44N2O4S. The zero-order valence-corrected chi connectivity index (χ0v) is 21.3. The van der Waals surface area contributed by atoms with Crippen LogP contribution in [0, 0.1) is 11.8 Å². The molecule has 33 heavy (non-hydrogen) atoms. The molecule has 0 heterocycles. The largest absolute Gasteiger partial charge is 0.353 e. The first-order valence-electron chi connectivity index (χ1n) is 13.7. The molecule has 7 heteroatoms. The highest BCUT2D eigenvalue weighted by molar-refractivity contribution is 7.92. The minimum atomic E-state index is -2.95. The Kier molecular flexibility index (Phi) is 8.40. The maximum Gasteiger partial charge on any atom is 0.226 e. The van der Waals surface area contributed by atoms with Crippen LogP contribution in [0.2, 0.25) is 0 Å². The first-order valence-corrected chi connectivity index (χ1v) is 15.4. The number of nitrogens with one attached hydrogen (secondary N) is 1. The number of amides is 2. The van der Waals surface area contributed by atoms with Crippen LogP contribution in [0.4, 0.5) is 0 Å². The van der Waals surface area contributed by atoms with Gasteiger partial charge < -0.3 is 10.2 Å². The Bertz CT molecular complexity index is 772. The van der Waals surface area contributed by atoms with Gasteiger partial charge >= 0.3 is 0 Å². The Hall–Kier alpha value is -1.11. The van der Waals surface area contributed by atoms with Crippen LogP contribution in [0.1, 0.15) is 110 Å². The van der Waals surface area contributed by atoms with E-state index in [0.717, 1.165) is 38.5 Å². The van der Waals surface area contributed by atoms with Crippen molar-refractivity contribution in [1.82, 2.24) is 10.2 Å². The van der Waals surface area contributed by atoms with Gasteiger partial charge in [-0.15, -0.1) is 0 Å². The van der Waals surface area contributed by atoms with Crippen molar-refractivity contribution in [2.24, 2.45) is 11.8 Å². The van der Waals surface area contributed by atoms with Crippen molar-refractivity contribution < 1.29 is 18.0 Å². The predicted molar refractivity (Wildman–Crippen MR) is 130 cm³/mol. The van der Waals surface area contributed by atoms with Gasteiger partial charge in [0.15, 0.2) is 9.84 Å².